The number of piperazine rings is 1. The molecule has 2 N–H and O–H groups in total. The standard InChI is InChI=1S/C40H42N6O3/c47-38(27-44-21-20-42-28-44)45(24-30-16-18-41-19-17-30)26-37-39(48)43-36(23-31-12-15-33-8-4-5-9-35(33)22-31)40(49)46(37)25-29-10-13-34(14-11-29)32-6-2-1-3-7-32/h1-15,20-22,28,30,36-37,41H,16-19,23-27H2,(H,43,48)/t36-,37-/m0/s1. The van der Waals surface area contributed by atoms with Crippen molar-refractivity contribution in [2.45, 2.75) is 44.4 Å². The van der Waals surface area contributed by atoms with Crippen LogP contribution in [0.2, 0.25) is 0 Å². The average molecular weight is 655 g/mol. The van der Waals surface area contributed by atoms with E-state index in [4.69, 9.17) is 0 Å². The van der Waals surface area contributed by atoms with Gasteiger partial charge < -0.3 is 25.0 Å². The van der Waals surface area contributed by atoms with Crippen LogP contribution in [-0.4, -0.2) is 75.3 Å². The third-order valence-electron chi connectivity index (χ3n) is 9.80. The van der Waals surface area contributed by atoms with E-state index in [0.717, 1.165) is 59.0 Å². The van der Waals surface area contributed by atoms with Crippen LogP contribution < -0.4 is 10.6 Å². The summed E-state index contributed by atoms with van der Waals surface area (Å²) < 4.78 is 1.75. The predicted molar refractivity (Wildman–Crippen MR) is 190 cm³/mol. The molecule has 0 aliphatic carbocycles. The molecule has 7 rings (SSSR count). The molecule has 0 spiro atoms. The largest absolute Gasteiger partial charge is 0.342 e. The molecule has 0 unspecified atom stereocenters. The third-order valence-corrected chi connectivity index (χ3v) is 9.80. The Hall–Kier alpha value is -5.28. The van der Waals surface area contributed by atoms with E-state index in [1.807, 2.05) is 48.5 Å². The Morgan fingerprint density at radius 3 is 2.29 bits per heavy atom. The van der Waals surface area contributed by atoms with Crippen LogP contribution in [0.3, 0.4) is 0 Å². The van der Waals surface area contributed by atoms with Gasteiger partial charge in [0.05, 0.1) is 12.9 Å². The van der Waals surface area contributed by atoms with E-state index >= 15 is 0 Å². The first-order chi connectivity index (χ1) is 24.0. The van der Waals surface area contributed by atoms with Crippen molar-refractivity contribution in [3.63, 3.8) is 0 Å². The molecule has 1 aromatic heterocycles. The number of rotatable bonds is 11. The van der Waals surface area contributed by atoms with Gasteiger partial charge in [0.2, 0.25) is 17.7 Å². The van der Waals surface area contributed by atoms with Crippen LogP contribution in [0.5, 0.6) is 0 Å². The fourth-order valence-corrected chi connectivity index (χ4v) is 7.06. The van der Waals surface area contributed by atoms with E-state index in [2.05, 4.69) is 64.1 Å². The highest BCUT2D eigenvalue weighted by atomic mass is 16.2. The number of fused-ring (bicyclic) bond motifs is 1. The Bertz CT molecular complexity index is 1890. The molecule has 0 radical (unpaired) electrons. The van der Waals surface area contributed by atoms with Crippen molar-refractivity contribution >= 4 is 28.5 Å². The Kier molecular flexibility index (Phi) is 9.79. The first kappa shape index (κ1) is 32.3. The van der Waals surface area contributed by atoms with Gasteiger partial charge in [0, 0.05) is 31.9 Å². The smallest absolute Gasteiger partial charge is 0.246 e. The Balaban J connectivity index is 1.16. The second-order valence-electron chi connectivity index (χ2n) is 13.2. The van der Waals surface area contributed by atoms with E-state index < -0.39 is 12.1 Å². The minimum Gasteiger partial charge on any atom is -0.342 e. The second-order valence-corrected chi connectivity index (χ2v) is 13.2. The minimum absolute atomic E-state index is 0.0952. The lowest BCUT2D eigenvalue weighted by molar-refractivity contribution is -0.152. The van der Waals surface area contributed by atoms with E-state index in [0.29, 0.717) is 18.9 Å². The maximum absolute atomic E-state index is 14.4. The highest BCUT2D eigenvalue weighted by Gasteiger charge is 2.42. The number of nitrogens with one attached hydrogen (secondary N) is 2. The van der Waals surface area contributed by atoms with E-state index in [1.165, 1.54) is 0 Å². The van der Waals surface area contributed by atoms with Crippen molar-refractivity contribution in [2.24, 2.45) is 5.92 Å². The molecule has 0 bridgehead atoms. The normalized spacial score (nSPS) is 18.4. The molecule has 2 fully saturated rings. The summed E-state index contributed by atoms with van der Waals surface area (Å²) in [5.41, 5.74) is 4.09. The molecule has 4 aromatic carbocycles. The maximum Gasteiger partial charge on any atom is 0.246 e. The lowest BCUT2D eigenvalue weighted by atomic mass is 9.95. The fourth-order valence-electron chi connectivity index (χ4n) is 7.06. The number of aromatic nitrogens is 2. The van der Waals surface area contributed by atoms with Crippen molar-refractivity contribution in [3.8, 4) is 11.1 Å². The molecule has 3 amide bonds. The van der Waals surface area contributed by atoms with Crippen LogP contribution >= 0.6 is 0 Å². The van der Waals surface area contributed by atoms with Gasteiger partial charge in [-0.15, -0.1) is 0 Å². The van der Waals surface area contributed by atoms with Crippen molar-refractivity contribution in [2.75, 3.05) is 26.2 Å². The SMILES string of the molecule is O=C1N[C@@H](Cc2ccc3ccccc3c2)C(=O)N(Cc2ccc(-c3ccccc3)cc2)[C@H]1CN(CC1CCNCC1)C(=O)Cn1ccnc1. The number of carbonyl (C=O) groups is 3. The van der Waals surface area contributed by atoms with E-state index in [9.17, 15) is 14.4 Å². The molecule has 9 heteroatoms. The summed E-state index contributed by atoms with van der Waals surface area (Å²) in [6.07, 6.45) is 7.33. The number of carbonyl (C=O) groups excluding carboxylic acids is 3. The fraction of sp³-hybridized carbons (Fsp3) is 0.300. The van der Waals surface area contributed by atoms with Gasteiger partial charge in [0.25, 0.3) is 0 Å². The van der Waals surface area contributed by atoms with Crippen LogP contribution in [0.25, 0.3) is 21.9 Å². The summed E-state index contributed by atoms with van der Waals surface area (Å²) in [6.45, 7) is 2.85. The summed E-state index contributed by atoms with van der Waals surface area (Å²) in [7, 11) is 0. The van der Waals surface area contributed by atoms with Gasteiger partial charge in [-0.1, -0.05) is 97.1 Å². The monoisotopic (exact) mass is 654 g/mol. The lowest BCUT2D eigenvalue weighted by Gasteiger charge is -2.42. The summed E-state index contributed by atoms with van der Waals surface area (Å²) in [5.74, 6) is -0.164. The first-order valence-electron chi connectivity index (χ1n) is 17.2. The van der Waals surface area contributed by atoms with Crippen LogP contribution in [0.1, 0.15) is 24.0 Å². The number of hydrogen-bond acceptors (Lipinski definition) is 5. The van der Waals surface area contributed by atoms with Crippen LogP contribution in [0.15, 0.2) is 116 Å². The van der Waals surface area contributed by atoms with Gasteiger partial charge >= 0.3 is 0 Å². The van der Waals surface area contributed by atoms with Gasteiger partial charge in [0.1, 0.15) is 18.6 Å². The molecule has 2 aliphatic heterocycles. The highest BCUT2D eigenvalue weighted by molar-refractivity contribution is 5.97. The molecule has 0 saturated carbocycles. The predicted octanol–water partition coefficient (Wildman–Crippen LogP) is 4.67. The first-order valence-corrected chi connectivity index (χ1v) is 17.2. The van der Waals surface area contributed by atoms with Crippen LogP contribution in [0.4, 0.5) is 0 Å². The molecule has 2 aliphatic rings. The zero-order valence-electron chi connectivity index (χ0n) is 27.6. The Labute approximate surface area is 286 Å². The minimum atomic E-state index is -0.831. The van der Waals surface area contributed by atoms with Crippen LogP contribution in [-0.2, 0) is 33.9 Å². The topological polar surface area (TPSA) is 99.6 Å². The lowest BCUT2D eigenvalue weighted by Crippen LogP contribution is -2.66. The highest BCUT2D eigenvalue weighted by Crippen LogP contribution is 2.24. The molecule has 49 heavy (non-hydrogen) atoms. The summed E-state index contributed by atoms with van der Waals surface area (Å²) in [5, 5.41) is 8.67. The average Bonchev–Trinajstić information content (AvgIpc) is 3.65. The number of amides is 3. The molecule has 2 atom stereocenters. The third kappa shape index (κ3) is 7.73. The second kappa shape index (κ2) is 14.9. The zero-order valence-corrected chi connectivity index (χ0v) is 27.6. The zero-order chi connectivity index (χ0) is 33.6. The van der Waals surface area contributed by atoms with Gasteiger partial charge in [-0.2, -0.15) is 0 Å². The molecular formula is C40H42N6O3. The van der Waals surface area contributed by atoms with Gasteiger partial charge in [-0.25, -0.2) is 4.98 Å². The van der Waals surface area contributed by atoms with Crippen molar-refractivity contribution < 1.29 is 14.4 Å². The van der Waals surface area contributed by atoms with E-state index in [-0.39, 0.29) is 37.4 Å². The summed E-state index contributed by atoms with van der Waals surface area (Å²) in [6, 6.07) is 31.0. The molecule has 9 nitrogen and oxygen atoms in total. The molecular weight excluding hydrogens is 612 g/mol. The molecule has 5 aromatic rings. The molecule has 3 heterocycles. The number of benzene rings is 4. The van der Waals surface area contributed by atoms with Crippen LogP contribution in [0, 0.1) is 5.92 Å². The number of nitrogens with zero attached hydrogens (tertiary/aromatic N) is 4. The van der Waals surface area contributed by atoms with Crippen molar-refractivity contribution in [1.82, 2.24) is 30.0 Å². The van der Waals surface area contributed by atoms with E-state index in [1.54, 1.807) is 33.1 Å². The summed E-state index contributed by atoms with van der Waals surface area (Å²) >= 11 is 0. The quantitative estimate of drug-likeness (QED) is 0.216. The summed E-state index contributed by atoms with van der Waals surface area (Å²) in [4.78, 5) is 49.9. The number of piperidine rings is 1. The van der Waals surface area contributed by atoms with Gasteiger partial charge in [-0.3, -0.25) is 14.4 Å². The van der Waals surface area contributed by atoms with Gasteiger partial charge in [-0.05, 0) is 64.9 Å². The van der Waals surface area contributed by atoms with Crippen molar-refractivity contribution in [1.29, 1.82) is 0 Å². The van der Waals surface area contributed by atoms with Gasteiger partial charge in [0.15, 0.2) is 0 Å². The number of hydrogen-bond donors (Lipinski definition) is 2. The number of imidazole rings is 1. The Morgan fingerprint density at radius 2 is 1.53 bits per heavy atom. The molecule has 2 saturated heterocycles. The molecule has 250 valence electrons. The van der Waals surface area contributed by atoms with Crippen molar-refractivity contribution in [3.05, 3.63) is 127 Å². The maximum atomic E-state index is 14.4. The Morgan fingerprint density at radius 1 is 0.816 bits per heavy atom.